The van der Waals surface area contributed by atoms with Gasteiger partial charge in [-0.05, 0) is 48.3 Å². The van der Waals surface area contributed by atoms with Gasteiger partial charge in [0.25, 0.3) is 0 Å². The SMILES string of the molecule is PN1CCC(CN2CCC3=C(C2)c2ccccc2C3)CC1. The Morgan fingerprint density at radius 1 is 1.10 bits per heavy atom. The molecule has 3 heteroatoms. The molecule has 0 N–H and O–H groups in total. The fourth-order valence-electron chi connectivity index (χ4n) is 4.18. The lowest BCUT2D eigenvalue weighted by molar-refractivity contribution is 0.198. The van der Waals surface area contributed by atoms with Crippen LogP contribution in [0.25, 0.3) is 5.57 Å². The summed E-state index contributed by atoms with van der Waals surface area (Å²) in [4.78, 5) is 2.71. The number of nitrogens with zero attached hydrogens (tertiary/aromatic N) is 2. The van der Waals surface area contributed by atoms with Gasteiger partial charge in [0.05, 0.1) is 0 Å². The molecule has 2 nitrogen and oxygen atoms in total. The van der Waals surface area contributed by atoms with E-state index in [1.807, 2.05) is 0 Å². The van der Waals surface area contributed by atoms with Crippen LogP contribution in [-0.4, -0.2) is 42.3 Å². The summed E-state index contributed by atoms with van der Waals surface area (Å²) in [6.45, 7) is 6.26. The van der Waals surface area contributed by atoms with Crippen LogP contribution in [0.3, 0.4) is 0 Å². The predicted molar refractivity (Wildman–Crippen MR) is 92.1 cm³/mol. The van der Waals surface area contributed by atoms with Crippen LogP contribution in [0, 0.1) is 5.92 Å². The highest BCUT2D eigenvalue weighted by Crippen LogP contribution is 2.37. The average molecular weight is 300 g/mol. The van der Waals surface area contributed by atoms with Gasteiger partial charge in [-0.3, -0.25) is 9.57 Å². The lowest BCUT2D eigenvalue weighted by atomic mass is 9.94. The third kappa shape index (κ3) is 2.82. The van der Waals surface area contributed by atoms with Crippen molar-refractivity contribution in [3.05, 3.63) is 41.0 Å². The summed E-state index contributed by atoms with van der Waals surface area (Å²) in [5.74, 6) is 0.903. The van der Waals surface area contributed by atoms with Gasteiger partial charge in [-0.1, -0.05) is 39.2 Å². The molecule has 1 aromatic rings. The molecular formula is C18H25N2P. The van der Waals surface area contributed by atoms with E-state index in [4.69, 9.17) is 0 Å². The Morgan fingerprint density at radius 3 is 2.76 bits per heavy atom. The van der Waals surface area contributed by atoms with Crippen LogP contribution in [-0.2, 0) is 6.42 Å². The molecule has 1 saturated heterocycles. The van der Waals surface area contributed by atoms with E-state index in [0.29, 0.717) is 0 Å². The van der Waals surface area contributed by atoms with Crippen LogP contribution >= 0.6 is 9.39 Å². The molecule has 0 saturated carbocycles. The maximum atomic E-state index is 2.86. The van der Waals surface area contributed by atoms with E-state index in [1.165, 1.54) is 64.0 Å². The van der Waals surface area contributed by atoms with Crippen LogP contribution < -0.4 is 0 Å². The molecule has 1 atom stereocenters. The predicted octanol–water partition coefficient (Wildman–Crippen LogP) is 3.20. The Kier molecular flexibility index (Phi) is 3.87. The molecule has 1 unspecified atom stereocenters. The smallest absolute Gasteiger partial charge is 0.0239 e. The van der Waals surface area contributed by atoms with Crippen LogP contribution in [0.1, 0.15) is 30.4 Å². The van der Waals surface area contributed by atoms with Crippen LogP contribution in [0.2, 0.25) is 0 Å². The van der Waals surface area contributed by atoms with Gasteiger partial charge >= 0.3 is 0 Å². The first-order chi connectivity index (χ1) is 10.3. The summed E-state index contributed by atoms with van der Waals surface area (Å²) in [7, 11) is 2.86. The molecule has 1 fully saturated rings. The Hall–Kier alpha value is -0.690. The van der Waals surface area contributed by atoms with E-state index in [0.717, 1.165) is 5.92 Å². The van der Waals surface area contributed by atoms with Crippen molar-refractivity contribution >= 4 is 15.0 Å². The lowest BCUT2D eigenvalue weighted by Gasteiger charge is -2.35. The fourth-order valence-corrected chi connectivity index (χ4v) is 4.48. The van der Waals surface area contributed by atoms with E-state index in [9.17, 15) is 0 Å². The molecule has 2 aliphatic heterocycles. The molecule has 112 valence electrons. The monoisotopic (exact) mass is 300 g/mol. The van der Waals surface area contributed by atoms with Crippen molar-refractivity contribution < 1.29 is 0 Å². The van der Waals surface area contributed by atoms with Crippen LogP contribution in [0.15, 0.2) is 29.8 Å². The summed E-state index contributed by atoms with van der Waals surface area (Å²) in [5, 5.41) is 0. The standard InChI is InChI=1S/C18H25N2P/c21-20-9-5-14(6-10-20)12-19-8-7-16-11-15-3-1-2-4-17(15)18(16)13-19/h1-4,14H,5-13,21H2. The molecule has 0 aromatic heterocycles. The summed E-state index contributed by atoms with van der Waals surface area (Å²) in [6.07, 6.45) is 5.22. The highest BCUT2D eigenvalue weighted by atomic mass is 31.0. The van der Waals surface area contributed by atoms with Crippen molar-refractivity contribution in [2.75, 3.05) is 32.7 Å². The van der Waals surface area contributed by atoms with Gasteiger partial charge in [0, 0.05) is 32.7 Å². The molecule has 0 bridgehead atoms. The second-order valence-corrected chi connectivity index (χ2v) is 7.61. The maximum absolute atomic E-state index is 2.86. The van der Waals surface area contributed by atoms with Crippen molar-refractivity contribution in [1.82, 2.24) is 9.57 Å². The molecule has 1 aliphatic carbocycles. The summed E-state index contributed by atoms with van der Waals surface area (Å²) in [5.41, 5.74) is 6.46. The number of hydrogen-bond acceptors (Lipinski definition) is 2. The van der Waals surface area contributed by atoms with E-state index < -0.39 is 0 Å². The maximum Gasteiger partial charge on any atom is 0.0239 e. The molecule has 4 rings (SSSR count). The van der Waals surface area contributed by atoms with E-state index >= 15 is 0 Å². The second-order valence-electron chi connectivity index (χ2n) is 6.88. The molecule has 0 spiro atoms. The fraction of sp³-hybridized carbons (Fsp3) is 0.556. The van der Waals surface area contributed by atoms with Crippen LogP contribution in [0.5, 0.6) is 0 Å². The number of piperidine rings is 1. The second kappa shape index (κ2) is 5.83. The summed E-state index contributed by atoms with van der Waals surface area (Å²) >= 11 is 0. The zero-order valence-electron chi connectivity index (χ0n) is 12.7. The first-order valence-corrected chi connectivity index (χ1v) is 8.82. The van der Waals surface area contributed by atoms with E-state index in [2.05, 4.69) is 43.2 Å². The van der Waals surface area contributed by atoms with Crippen LogP contribution in [0.4, 0.5) is 0 Å². The highest BCUT2D eigenvalue weighted by molar-refractivity contribution is 7.13. The first kappa shape index (κ1) is 13.9. The summed E-state index contributed by atoms with van der Waals surface area (Å²) in [6, 6.07) is 9.02. The van der Waals surface area contributed by atoms with Crippen molar-refractivity contribution in [1.29, 1.82) is 0 Å². The number of fused-ring (bicyclic) bond motifs is 2. The molecule has 0 amide bonds. The zero-order valence-corrected chi connectivity index (χ0v) is 13.9. The minimum absolute atomic E-state index is 0.903. The van der Waals surface area contributed by atoms with Gasteiger partial charge in [0.15, 0.2) is 0 Å². The van der Waals surface area contributed by atoms with Gasteiger partial charge < -0.3 is 0 Å². The van der Waals surface area contributed by atoms with Gasteiger partial charge in [-0.15, -0.1) is 0 Å². The minimum Gasteiger partial charge on any atom is -0.298 e. The van der Waals surface area contributed by atoms with Gasteiger partial charge in [0.2, 0.25) is 0 Å². The number of hydrogen-bond donors (Lipinski definition) is 0. The lowest BCUT2D eigenvalue weighted by Crippen LogP contribution is -2.38. The Morgan fingerprint density at radius 2 is 1.90 bits per heavy atom. The molecular weight excluding hydrogens is 275 g/mol. The zero-order chi connectivity index (χ0) is 14.2. The first-order valence-electron chi connectivity index (χ1n) is 8.31. The normalized spacial score (nSPS) is 24.2. The van der Waals surface area contributed by atoms with Gasteiger partial charge in [0.1, 0.15) is 0 Å². The largest absolute Gasteiger partial charge is 0.298 e. The molecule has 3 aliphatic rings. The van der Waals surface area contributed by atoms with Crippen molar-refractivity contribution in [3.63, 3.8) is 0 Å². The summed E-state index contributed by atoms with van der Waals surface area (Å²) < 4.78 is 2.39. The molecule has 1 aromatic carbocycles. The number of benzene rings is 1. The highest BCUT2D eigenvalue weighted by Gasteiger charge is 2.28. The van der Waals surface area contributed by atoms with Crippen molar-refractivity contribution in [2.45, 2.75) is 25.7 Å². The molecule has 2 heterocycles. The quantitative estimate of drug-likeness (QED) is 0.774. The minimum atomic E-state index is 0.903. The van der Waals surface area contributed by atoms with Crippen molar-refractivity contribution in [3.8, 4) is 0 Å². The van der Waals surface area contributed by atoms with Gasteiger partial charge in [-0.25, -0.2) is 0 Å². The average Bonchev–Trinajstić information content (AvgIpc) is 2.88. The Balaban J connectivity index is 1.43. The van der Waals surface area contributed by atoms with Gasteiger partial charge in [-0.2, -0.15) is 0 Å². The Bertz CT molecular complexity index is 558. The third-order valence-corrected chi connectivity index (χ3v) is 5.97. The third-order valence-electron chi connectivity index (χ3n) is 5.45. The van der Waals surface area contributed by atoms with E-state index in [1.54, 1.807) is 16.7 Å². The topological polar surface area (TPSA) is 6.48 Å². The molecule has 0 radical (unpaired) electrons. The number of rotatable bonds is 2. The molecule has 21 heavy (non-hydrogen) atoms. The van der Waals surface area contributed by atoms with E-state index in [-0.39, 0.29) is 0 Å². The van der Waals surface area contributed by atoms with Crippen molar-refractivity contribution in [2.24, 2.45) is 5.92 Å². The Labute approximate surface area is 130 Å².